The number of rotatable bonds is 3. The molecule has 1 atom stereocenters. The fourth-order valence-electron chi connectivity index (χ4n) is 1.13. The molecular formula is C7H14O2. The minimum Gasteiger partial charge on any atom is -0.390 e. The van der Waals surface area contributed by atoms with E-state index in [0.29, 0.717) is 12.5 Å². The molecule has 2 heteroatoms. The molecule has 0 radical (unpaired) electrons. The normalized spacial score (nSPS) is 23.3. The van der Waals surface area contributed by atoms with Gasteiger partial charge in [-0.05, 0) is 18.8 Å². The molecule has 1 fully saturated rings. The topological polar surface area (TPSA) is 29.5 Å². The van der Waals surface area contributed by atoms with Crippen LogP contribution in [0.15, 0.2) is 0 Å². The maximum absolute atomic E-state index is 9.24. The predicted octanol–water partition coefficient (Wildman–Crippen LogP) is 0.794. The zero-order valence-corrected chi connectivity index (χ0v) is 5.84. The Morgan fingerprint density at radius 1 is 1.67 bits per heavy atom. The van der Waals surface area contributed by atoms with Gasteiger partial charge in [-0.1, -0.05) is 6.42 Å². The first kappa shape index (κ1) is 7.03. The van der Waals surface area contributed by atoms with Crippen molar-refractivity contribution < 1.29 is 9.84 Å². The van der Waals surface area contributed by atoms with Gasteiger partial charge in [-0.2, -0.15) is 0 Å². The van der Waals surface area contributed by atoms with Crippen LogP contribution in [0.1, 0.15) is 19.3 Å². The highest BCUT2D eigenvalue weighted by molar-refractivity contribution is 4.76. The van der Waals surface area contributed by atoms with Crippen molar-refractivity contribution in [1.29, 1.82) is 0 Å². The maximum Gasteiger partial charge on any atom is 0.0801 e. The summed E-state index contributed by atoms with van der Waals surface area (Å²) in [5, 5.41) is 9.24. The molecule has 0 aromatic carbocycles. The Hall–Kier alpha value is -0.0800. The molecule has 1 N–H and O–H groups in total. The number of hydrogen-bond acceptors (Lipinski definition) is 2. The zero-order chi connectivity index (χ0) is 6.69. The van der Waals surface area contributed by atoms with Crippen LogP contribution in [0.5, 0.6) is 0 Å². The summed E-state index contributed by atoms with van der Waals surface area (Å²) in [4.78, 5) is 0. The molecule has 1 aliphatic rings. The first-order valence-electron chi connectivity index (χ1n) is 3.51. The maximum atomic E-state index is 9.24. The molecule has 2 nitrogen and oxygen atoms in total. The minimum atomic E-state index is -0.205. The SMILES string of the molecule is COCC(O)C1CCC1. The van der Waals surface area contributed by atoms with Crippen molar-refractivity contribution in [3.8, 4) is 0 Å². The summed E-state index contributed by atoms with van der Waals surface area (Å²) in [5.41, 5.74) is 0. The molecule has 0 aromatic rings. The first-order chi connectivity index (χ1) is 4.34. The zero-order valence-electron chi connectivity index (χ0n) is 5.84. The number of aliphatic hydroxyl groups excluding tert-OH is 1. The van der Waals surface area contributed by atoms with Crippen molar-refractivity contribution in [1.82, 2.24) is 0 Å². The predicted molar refractivity (Wildman–Crippen MR) is 35.2 cm³/mol. The van der Waals surface area contributed by atoms with Crippen LogP contribution >= 0.6 is 0 Å². The third kappa shape index (κ3) is 1.66. The first-order valence-corrected chi connectivity index (χ1v) is 3.51. The second-order valence-corrected chi connectivity index (χ2v) is 2.71. The van der Waals surface area contributed by atoms with Gasteiger partial charge in [0, 0.05) is 7.11 Å². The Morgan fingerprint density at radius 2 is 2.33 bits per heavy atom. The molecule has 1 aliphatic carbocycles. The molecule has 0 heterocycles. The lowest BCUT2D eigenvalue weighted by Crippen LogP contribution is -2.30. The summed E-state index contributed by atoms with van der Waals surface area (Å²) in [6, 6.07) is 0. The molecule has 0 bridgehead atoms. The van der Waals surface area contributed by atoms with E-state index in [2.05, 4.69) is 0 Å². The second kappa shape index (κ2) is 3.18. The van der Waals surface area contributed by atoms with Crippen LogP contribution in [0.2, 0.25) is 0 Å². The van der Waals surface area contributed by atoms with Crippen LogP contribution in [0.3, 0.4) is 0 Å². The van der Waals surface area contributed by atoms with Gasteiger partial charge < -0.3 is 9.84 Å². The third-order valence-corrected chi connectivity index (χ3v) is 2.03. The average Bonchev–Trinajstić information content (AvgIpc) is 1.60. The second-order valence-electron chi connectivity index (χ2n) is 2.71. The van der Waals surface area contributed by atoms with Gasteiger partial charge in [0.25, 0.3) is 0 Å². The van der Waals surface area contributed by atoms with Gasteiger partial charge in [0.1, 0.15) is 0 Å². The summed E-state index contributed by atoms with van der Waals surface area (Å²) < 4.78 is 4.81. The quantitative estimate of drug-likeness (QED) is 0.612. The third-order valence-electron chi connectivity index (χ3n) is 2.03. The molecular weight excluding hydrogens is 116 g/mol. The van der Waals surface area contributed by atoms with E-state index in [-0.39, 0.29) is 6.10 Å². The van der Waals surface area contributed by atoms with E-state index in [1.807, 2.05) is 0 Å². The number of methoxy groups -OCH3 is 1. The average molecular weight is 130 g/mol. The van der Waals surface area contributed by atoms with Crippen LogP contribution in [0, 0.1) is 5.92 Å². The van der Waals surface area contributed by atoms with Crippen LogP contribution in [-0.4, -0.2) is 24.9 Å². The van der Waals surface area contributed by atoms with Gasteiger partial charge in [-0.3, -0.25) is 0 Å². The Kier molecular flexibility index (Phi) is 2.49. The fraction of sp³-hybridized carbons (Fsp3) is 1.00. The minimum absolute atomic E-state index is 0.205. The molecule has 1 rings (SSSR count). The molecule has 0 spiro atoms. The highest BCUT2D eigenvalue weighted by atomic mass is 16.5. The summed E-state index contributed by atoms with van der Waals surface area (Å²) in [7, 11) is 1.63. The van der Waals surface area contributed by atoms with Crippen molar-refractivity contribution in [3.63, 3.8) is 0 Å². The fourth-order valence-corrected chi connectivity index (χ4v) is 1.13. The van der Waals surface area contributed by atoms with Crippen molar-refractivity contribution in [2.24, 2.45) is 5.92 Å². The summed E-state index contributed by atoms with van der Waals surface area (Å²) in [6.07, 6.45) is 3.45. The Morgan fingerprint density at radius 3 is 2.67 bits per heavy atom. The summed E-state index contributed by atoms with van der Waals surface area (Å²) in [5.74, 6) is 0.532. The largest absolute Gasteiger partial charge is 0.390 e. The monoisotopic (exact) mass is 130 g/mol. The van der Waals surface area contributed by atoms with Crippen molar-refractivity contribution >= 4 is 0 Å². The number of hydrogen-bond donors (Lipinski definition) is 1. The molecule has 0 aromatic heterocycles. The molecule has 1 saturated carbocycles. The number of ether oxygens (including phenoxy) is 1. The van der Waals surface area contributed by atoms with Crippen LogP contribution in [-0.2, 0) is 4.74 Å². The van der Waals surface area contributed by atoms with E-state index >= 15 is 0 Å². The summed E-state index contributed by atoms with van der Waals surface area (Å²) in [6.45, 7) is 0.505. The molecule has 54 valence electrons. The van der Waals surface area contributed by atoms with E-state index in [1.165, 1.54) is 19.3 Å². The molecule has 9 heavy (non-hydrogen) atoms. The lowest BCUT2D eigenvalue weighted by Gasteiger charge is -2.29. The summed E-state index contributed by atoms with van der Waals surface area (Å²) >= 11 is 0. The van der Waals surface area contributed by atoms with Gasteiger partial charge in [-0.25, -0.2) is 0 Å². The van der Waals surface area contributed by atoms with Gasteiger partial charge in [-0.15, -0.1) is 0 Å². The Bertz CT molecular complexity index is 79.0. The lowest BCUT2D eigenvalue weighted by molar-refractivity contribution is -0.000650. The van der Waals surface area contributed by atoms with Crippen LogP contribution in [0.4, 0.5) is 0 Å². The standard InChI is InChI=1S/C7H14O2/c1-9-5-7(8)6-3-2-4-6/h6-8H,2-5H2,1H3. The smallest absolute Gasteiger partial charge is 0.0801 e. The van der Waals surface area contributed by atoms with E-state index in [0.717, 1.165) is 0 Å². The lowest BCUT2D eigenvalue weighted by atomic mass is 9.81. The highest BCUT2D eigenvalue weighted by Crippen LogP contribution is 2.29. The van der Waals surface area contributed by atoms with Crippen LogP contribution in [0.25, 0.3) is 0 Å². The highest BCUT2D eigenvalue weighted by Gasteiger charge is 2.24. The molecule has 0 amide bonds. The Labute approximate surface area is 55.8 Å². The van der Waals surface area contributed by atoms with Crippen molar-refractivity contribution in [3.05, 3.63) is 0 Å². The van der Waals surface area contributed by atoms with Crippen molar-refractivity contribution in [2.45, 2.75) is 25.4 Å². The molecule has 0 saturated heterocycles. The van der Waals surface area contributed by atoms with Crippen molar-refractivity contribution in [2.75, 3.05) is 13.7 Å². The van der Waals surface area contributed by atoms with Gasteiger partial charge in [0.05, 0.1) is 12.7 Å². The van der Waals surface area contributed by atoms with Crippen LogP contribution < -0.4 is 0 Å². The molecule has 0 aliphatic heterocycles. The van der Waals surface area contributed by atoms with E-state index in [1.54, 1.807) is 7.11 Å². The van der Waals surface area contributed by atoms with E-state index < -0.39 is 0 Å². The molecule has 1 unspecified atom stereocenters. The number of aliphatic hydroxyl groups is 1. The van der Waals surface area contributed by atoms with E-state index in [4.69, 9.17) is 4.74 Å². The van der Waals surface area contributed by atoms with Gasteiger partial charge >= 0.3 is 0 Å². The Balaban J connectivity index is 2.08. The van der Waals surface area contributed by atoms with Gasteiger partial charge in [0.2, 0.25) is 0 Å². The van der Waals surface area contributed by atoms with E-state index in [9.17, 15) is 5.11 Å². The van der Waals surface area contributed by atoms with Gasteiger partial charge in [0.15, 0.2) is 0 Å².